The zero-order valence-electron chi connectivity index (χ0n) is 22.0. The van der Waals surface area contributed by atoms with E-state index in [2.05, 4.69) is 20.8 Å². The summed E-state index contributed by atoms with van der Waals surface area (Å²) in [6, 6.07) is 6.60. The Labute approximate surface area is 211 Å². The molecule has 0 bridgehead atoms. The maximum absolute atomic E-state index is 14.0. The highest BCUT2D eigenvalue weighted by atomic mass is 19.1. The molecule has 0 saturated heterocycles. The van der Waals surface area contributed by atoms with Crippen LogP contribution in [0, 0.1) is 52.2 Å². The molecule has 0 amide bonds. The Bertz CT molecular complexity index is 890. The van der Waals surface area contributed by atoms with Gasteiger partial charge in [-0.15, -0.1) is 0 Å². The second-order valence-electron chi connectivity index (χ2n) is 13.3. The predicted octanol–water partition coefficient (Wildman–Crippen LogP) is 6.66. The highest BCUT2D eigenvalue weighted by Gasteiger charge is 2.61. The van der Waals surface area contributed by atoms with Crippen molar-refractivity contribution < 1.29 is 19.7 Å². The lowest BCUT2D eigenvalue weighted by molar-refractivity contribution is -0.174. The summed E-state index contributed by atoms with van der Waals surface area (Å²) in [7, 11) is 0. The highest BCUT2D eigenvalue weighted by Crippen LogP contribution is 2.68. The molecule has 4 saturated carbocycles. The first-order valence-corrected chi connectivity index (χ1v) is 14.5. The lowest BCUT2D eigenvalue weighted by Gasteiger charge is -2.62. The Morgan fingerprint density at radius 1 is 0.886 bits per heavy atom. The van der Waals surface area contributed by atoms with Crippen LogP contribution in [-0.2, 0) is 0 Å². The molecule has 0 radical (unpaired) electrons. The second-order valence-corrected chi connectivity index (χ2v) is 13.3. The quantitative estimate of drug-likeness (QED) is 0.421. The third-order valence-electron chi connectivity index (χ3n) is 11.9. The summed E-state index contributed by atoms with van der Waals surface area (Å²) in [5.41, 5.74) is 0.992. The van der Waals surface area contributed by atoms with Crippen molar-refractivity contribution in [2.24, 2.45) is 46.3 Å². The predicted molar refractivity (Wildman–Crippen MR) is 137 cm³/mol. The first kappa shape index (κ1) is 25.7. The van der Waals surface area contributed by atoms with Crippen molar-refractivity contribution in [2.45, 2.75) is 110 Å². The van der Waals surface area contributed by atoms with Crippen LogP contribution in [0.3, 0.4) is 0 Å². The number of halogens is 1. The average Bonchev–Trinajstić information content (AvgIpc) is 3.19. The van der Waals surface area contributed by atoms with E-state index in [4.69, 9.17) is 0 Å². The zero-order valence-corrected chi connectivity index (χ0v) is 22.0. The van der Waals surface area contributed by atoms with Gasteiger partial charge in [0.1, 0.15) is 5.82 Å². The summed E-state index contributed by atoms with van der Waals surface area (Å²) in [6.45, 7) is 7.42. The van der Waals surface area contributed by atoms with Gasteiger partial charge >= 0.3 is 0 Å². The van der Waals surface area contributed by atoms with Gasteiger partial charge in [0.25, 0.3) is 0 Å². The zero-order chi connectivity index (χ0) is 25.0. The van der Waals surface area contributed by atoms with Crippen molar-refractivity contribution in [3.05, 3.63) is 35.6 Å². The first-order chi connectivity index (χ1) is 16.7. The molecule has 4 aliphatic rings. The molecule has 11 atom stereocenters. The molecule has 3 N–H and O–H groups in total. The summed E-state index contributed by atoms with van der Waals surface area (Å²) in [5.74, 6) is 3.52. The molecule has 4 fully saturated rings. The monoisotopic (exact) mass is 486 g/mol. The number of benzene rings is 1. The van der Waals surface area contributed by atoms with Crippen molar-refractivity contribution in [1.82, 2.24) is 0 Å². The largest absolute Gasteiger partial charge is 0.390 e. The molecule has 4 heteroatoms. The van der Waals surface area contributed by atoms with Gasteiger partial charge in [0.05, 0.1) is 18.3 Å². The second kappa shape index (κ2) is 9.72. The number of rotatable bonds is 6. The van der Waals surface area contributed by atoms with Crippen LogP contribution in [0.2, 0.25) is 0 Å². The van der Waals surface area contributed by atoms with Crippen LogP contribution < -0.4 is 0 Å². The van der Waals surface area contributed by atoms with Gasteiger partial charge in [0.15, 0.2) is 0 Å². The molecule has 5 rings (SSSR count). The molecule has 196 valence electrons. The van der Waals surface area contributed by atoms with E-state index in [0.29, 0.717) is 29.2 Å². The van der Waals surface area contributed by atoms with Crippen LogP contribution in [0.25, 0.3) is 0 Å². The lowest BCUT2D eigenvalue weighted by atomic mass is 9.44. The molecule has 0 aliphatic heterocycles. The lowest BCUT2D eigenvalue weighted by Crippen LogP contribution is -2.58. The van der Waals surface area contributed by atoms with E-state index in [1.54, 1.807) is 18.2 Å². The molecule has 0 spiro atoms. The molecular weight excluding hydrogens is 439 g/mol. The van der Waals surface area contributed by atoms with Crippen LogP contribution in [0.5, 0.6) is 0 Å². The summed E-state index contributed by atoms with van der Waals surface area (Å²) in [6.07, 6.45) is 10.1. The van der Waals surface area contributed by atoms with E-state index in [1.165, 1.54) is 38.2 Å². The number of aliphatic hydroxyl groups excluding tert-OH is 3. The van der Waals surface area contributed by atoms with E-state index in [-0.39, 0.29) is 17.2 Å². The van der Waals surface area contributed by atoms with Crippen molar-refractivity contribution in [1.29, 1.82) is 0 Å². The van der Waals surface area contributed by atoms with Crippen LogP contribution in [0.1, 0.15) is 103 Å². The fourth-order valence-electron chi connectivity index (χ4n) is 10.0. The molecule has 0 unspecified atom stereocenters. The fourth-order valence-corrected chi connectivity index (χ4v) is 10.0. The van der Waals surface area contributed by atoms with Gasteiger partial charge in [-0.1, -0.05) is 51.8 Å². The standard InChI is InChI=1S/C31H47FO3/c1-19(7-6-10-27(33)21-8-4-5-9-26(21)32)22-13-14-23-20-11-12-25-29(35)28(34)16-18-31(25,3)24(20)15-17-30(22,23)2/h4-5,8-9,19-20,22-25,27-29,33-35H,6-7,10-18H2,1-3H3/t19-,20+,22-,23+,24+,25+,27+,28+,29-,30-,31-/m1/s1. The number of fused-ring (bicyclic) bond motifs is 5. The van der Waals surface area contributed by atoms with Gasteiger partial charge in [0, 0.05) is 5.56 Å². The summed E-state index contributed by atoms with van der Waals surface area (Å²) in [5, 5.41) is 31.6. The summed E-state index contributed by atoms with van der Waals surface area (Å²) >= 11 is 0. The highest BCUT2D eigenvalue weighted by molar-refractivity contribution is 5.19. The Kier molecular flexibility index (Phi) is 7.13. The molecule has 0 heterocycles. The van der Waals surface area contributed by atoms with Crippen LogP contribution in [0.4, 0.5) is 4.39 Å². The Morgan fingerprint density at radius 3 is 2.34 bits per heavy atom. The van der Waals surface area contributed by atoms with Crippen molar-refractivity contribution in [3.63, 3.8) is 0 Å². The Balaban J connectivity index is 1.22. The van der Waals surface area contributed by atoms with Gasteiger partial charge in [0.2, 0.25) is 0 Å². The number of hydrogen-bond acceptors (Lipinski definition) is 3. The SMILES string of the molecule is C[C@H](CCC[C@H](O)c1ccccc1F)[C@H]1CC[C@H]2[C@@H]3CC[C@H]4[C@@H](O)[C@@H](O)CC[C@]4(C)[C@H]3CC[C@]12C. The van der Waals surface area contributed by atoms with Crippen LogP contribution in [0.15, 0.2) is 24.3 Å². The summed E-state index contributed by atoms with van der Waals surface area (Å²) in [4.78, 5) is 0. The van der Waals surface area contributed by atoms with Crippen molar-refractivity contribution in [3.8, 4) is 0 Å². The van der Waals surface area contributed by atoms with E-state index < -0.39 is 18.3 Å². The molecular formula is C31H47FO3. The fraction of sp³-hybridized carbons (Fsp3) is 0.806. The van der Waals surface area contributed by atoms with Crippen LogP contribution in [-0.4, -0.2) is 27.5 Å². The number of hydrogen-bond donors (Lipinski definition) is 3. The van der Waals surface area contributed by atoms with Gasteiger partial charge in [-0.25, -0.2) is 4.39 Å². The van der Waals surface area contributed by atoms with E-state index in [9.17, 15) is 19.7 Å². The summed E-state index contributed by atoms with van der Waals surface area (Å²) < 4.78 is 14.0. The minimum atomic E-state index is -0.717. The minimum absolute atomic E-state index is 0.176. The minimum Gasteiger partial charge on any atom is -0.390 e. The van der Waals surface area contributed by atoms with Gasteiger partial charge in [-0.05, 0) is 110 Å². The molecule has 0 aromatic heterocycles. The Morgan fingerprint density at radius 2 is 1.57 bits per heavy atom. The van der Waals surface area contributed by atoms with Gasteiger partial charge in [-0.2, -0.15) is 0 Å². The van der Waals surface area contributed by atoms with Crippen molar-refractivity contribution >= 4 is 0 Å². The maximum atomic E-state index is 14.0. The maximum Gasteiger partial charge on any atom is 0.128 e. The molecule has 1 aromatic carbocycles. The normalized spacial score (nSPS) is 44.7. The average molecular weight is 487 g/mol. The van der Waals surface area contributed by atoms with E-state index >= 15 is 0 Å². The van der Waals surface area contributed by atoms with Crippen molar-refractivity contribution in [2.75, 3.05) is 0 Å². The molecule has 4 aliphatic carbocycles. The number of aliphatic hydroxyl groups is 3. The third-order valence-corrected chi connectivity index (χ3v) is 11.9. The van der Waals surface area contributed by atoms with E-state index in [0.717, 1.165) is 49.9 Å². The topological polar surface area (TPSA) is 60.7 Å². The smallest absolute Gasteiger partial charge is 0.128 e. The first-order valence-electron chi connectivity index (χ1n) is 14.5. The third kappa shape index (κ3) is 4.30. The van der Waals surface area contributed by atoms with E-state index in [1.807, 2.05) is 0 Å². The molecule has 1 aromatic rings. The Hall–Kier alpha value is -0.970. The van der Waals surface area contributed by atoms with Gasteiger partial charge < -0.3 is 15.3 Å². The van der Waals surface area contributed by atoms with Gasteiger partial charge in [-0.3, -0.25) is 0 Å². The van der Waals surface area contributed by atoms with Crippen LogP contribution >= 0.6 is 0 Å². The molecule has 35 heavy (non-hydrogen) atoms. The molecule has 3 nitrogen and oxygen atoms in total.